The number of hydrogen-bond acceptors (Lipinski definition) is 4. The summed E-state index contributed by atoms with van der Waals surface area (Å²) in [7, 11) is 0. The molecule has 4 fully saturated rings. The van der Waals surface area contributed by atoms with Gasteiger partial charge in [-0.05, 0) is 95.1 Å². The zero-order valence-electron chi connectivity index (χ0n) is 26.7. The monoisotopic (exact) mass is 583 g/mol. The van der Waals surface area contributed by atoms with Crippen molar-refractivity contribution in [1.29, 1.82) is 0 Å². The Balaban J connectivity index is 1.13. The van der Waals surface area contributed by atoms with Crippen molar-refractivity contribution in [1.82, 2.24) is 24.6 Å². The SMILES string of the molecule is Cc1cc(C)cc(-c2[nH]c3c(c2CN2CCN(CC(=O)N4CCCC4)CC2)C=C(C(C)(C)C(=O)N2C4CCC2CC4)C3)c1. The highest BCUT2D eigenvalue weighted by Gasteiger charge is 2.48. The second-order valence-corrected chi connectivity index (χ2v) is 14.5. The molecule has 1 N–H and O–H groups in total. The van der Waals surface area contributed by atoms with E-state index in [1.165, 1.54) is 70.5 Å². The zero-order valence-corrected chi connectivity index (χ0v) is 26.7. The first-order chi connectivity index (χ1) is 20.7. The van der Waals surface area contributed by atoms with Crippen LogP contribution in [0.3, 0.4) is 0 Å². The lowest BCUT2D eigenvalue weighted by Gasteiger charge is -2.35. The van der Waals surface area contributed by atoms with Gasteiger partial charge in [0.05, 0.1) is 17.7 Å². The van der Waals surface area contributed by atoms with Crippen LogP contribution in [0, 0.1) is 19.3 Å². The lowest BCUT2D eigenvalue weighted by Crippen LogP contribution is -2.49. The second kappa shape index (κ2) is 11.2. The molecule has 0 saturated carbocycles. The third kappa shape index (κ3) is 5.37. The number of H-pyrrole nitrogens is 1. The van der Waals surface area contributed by atoms with Gasteiger partial charge in [-0.15, -0.1) is 0 Å². The number of piperazine rings is 1. The van der Waals surface area contributed by atoms with Crippen molar-refractivity contribution in [2.45, 2.75) is 91.3 Å². The molecule has 7 rings (SSSR count). The van der Waals surface area contributed by atoms with Gasteiger partial charge in [-0.1, -0.05) is 23.3 Å². The highest BCUT2D eigenvalue weighted by molar-refractivity contribution is 5.89. The second-order valence-electron chi connectivity index (χ2n) is 14.5. The van der Waals surface area contributed by atoms with Gasteiger partial charge >= 0.3 is 0 Å². The molecule has 0 spiro atoms. The predicted octanol–water partition coefficient (Wildman–Crippen LogP) is 5.16. The minimum absolute atomic E-state index is 0.295. The van der Waals surface area contributed by atoms with Crippen LogP contribution < -0.4 is 0 Å². The summed E-state index contributed by atoms with van der Waals surface area (Å²) >= 11 is 0. The topological polar surface area (TPSA) is 62.9 Å². The molecule has 4 saturated heterocycles. The van der Waals surface area contributed by atoms with Crippen molar-refractivity contribution < 1.29 is 9.59 Å². The van der Waals surface area contributed by atoms with Crippen LogP contribution in [0.4, 0.5) is 0 Å². The molecule has 0 radical (unpaired) electrons. The fraction of sp³-hybridized carbons (Fsp3) is 0.611. The molecule has 7 heteroatoms. The Bertz CT molecular complexity index is 1400. The molecule has 4 aliphatic heterocycles. The summed E-state index contributed by atoms with van der Waals surface area (Å²) in [4.78, 5) is 39.8. The number of nitrogens with one attached hydrogen (secondary N) is 1. The Morgan fingerprint density at radius 3 is 2.09 bits per heavy atom. The van der Waals surface area contributed by atoms with E-state index in [2.05, 4.69) is 71.7 Å². The van der Waals surface area contributed by atoms with Crippen molar-refractivity contribution in [2.24, 2.45) is 5.41 Å². The Kier molecular flexibility index (Phi) is 7.53. The number of aryl methyl sites for hydroxylation is 2. The summed E-state index contributed by atoms with van der Waals surface area (Å²) in [5.74, 6) is 0.618. The van der Waals surface area contributed by atoms with Crippen LogP contribution in [-0.4, -0.2) is 94.3 Å². The number of nitrogens with zero attached hydrogens (tertiary/aromatic N) is 4. The average molecular weight is 584 g/mol. The maximum atomic E-state index is 14.0. The molecule has 1 aliphatic carbocycles. The normalized spacial score (nSPS) is 24.2. The molecule has 2 amide bonds. The average Bonchev–Trinajstić information content (AvgIpc) is 3.81. The largest absolute Gasteiger partial charge is 0.357 e. The number of aromatic amines is 1. The minimum Gasteiger partial charge on any atom is -0.357 e. The van der Waals surface area contributed by atoms with E-state index in [-0.39, 0.29) is 0 Å². The van der Waals surface area contributed by atoms with Crippen LogP contribution in [0.1, 0.15) is 80.3 Å². The Labute approximate surface area is 257 Å². The lowest BCUT2D eigenvalue weighted by atomic mass is 9.81. The fourth-order valence-electron chi connectivity index (χ4n) is 8.56. The summed E-state index contributed by atoms with van der Waals surface area (Å²) in [6, 6.07) is 7.72. The molecular weight excluding hydrogens is 534 g/mol. The van der Waals surface area contributed by atoms with Crippen LogP contribution in [0.15, 0.2) is 23.8 Å². The number of aromatic nitrogens is 1. The van der Waals surface area contributed by atoms with Crippen molar-refractivity contribution in [3.05, 3.63) is 51.7 Å². The molecule has 0 unspecified atom stereocenters. The van der Waals surface area contributed by atoms with Crippen molar-refractivity contribution in [3.63, 3.8) is 0 Å². The van der Waals surface area contributed by atoms with Crippen LogP contribution in [0.2, 0.25) is 0 Å². The Hall–Kier alpha value is -2.90. The number of carbonyl (C=O) groups excluding carboxylic acids is 2. The molecule has 230 valence electrons. The van der Waals surface area contributed by atoms with Gasteiger partial charge in [0, 0.05) is 75.6 Å². The van der Waals surface area contributed by atoms with Gasteiger partial charge in [0.15, 0.2) is 0 Å². The van der Waals surface area contributed by atoms with E-state index in [0.717, 1.165) is 65.1 Å². The lowest BCUT2D eigenvalue weighted by molar-refractivity contribution is -0.139. The van der Waals surface area contributed by atoms with Gasteiger partial charge in [-0.3, -0.25) is 19.4 Å². The molecular formula is C36H49N5O2. The predicted molar refractivity (Wildman–Crippen MR) is 172 cm³/mol. The summed E-state index contributed by atoms with van der Waals surface area (Å²) in [6.45, 7) is 15.7. The van der Waals surface area contributed by atoms with E-state index >= 15 is 0 Å². The first kappa shape index (κ1) is 28.8. The fourth-order valence-corrected chi connectivity index (χ4v) is 8.56. The number of likely N-dealkylation sites (tertiary alicyclic amines) is 1. The van der Waals surface area contributed by atoms with Crippen LogP contribution >= 0.6 is 0 Å². The van der Waals surface area contributed by atoms with Crippen molar-refractivity contribution in [3.8, 4) is 11.3 Å². The quantitative estimate of drug-likeness (QED) is 0.489. The van der Waals surface area contributed by atoms with Crippen LogP contribution in [0.5, 0.6) is 0 Å². The number of rotatable bonds is 7. The number of benzene rings is 1. The zero-order chi connectivity index (χ0) is 29.9. The minimum atomic E-state index is -0.504. The van der Waals surface area contributed by atoms with Crippen molar-refractivity contribution in [2.75, 3.05) is 45.8 Å². The number of hydrogen-bond donors (Lipinski definition) is 1. The third-order valence-electron chi connectivity index (χ3n) is 11.1. The molecule has 2 bridgehead atoms. The maximum absolute atomic E-state index is 14.0. The summed E-state index contributed by atoms with van der Waals surface area (Å²) in [5.41, 5.74) is 9.64. The van der Waals surface area contributed by atoms with Crippen LogP contribution in [-0.2, 0) is 22.6 Å². The highest BCUT2D eigenvalue weighted by atomic mass is 16.2. The summed E-state index contributed by atoms with van der Waals surface area (Å²) in [6.07, 6.45) is 10.1. The summed E-state index contributed by atoms with van der Waals surface area (Å²) < 4.78 is 0. The molecule has 7 nitrogen and oxygen atoms in total. The Morgan fingerprint density at radius 2 is 1.47 bits per heavy atom. The number of fused-ring (bicyclic) bond motifs is 3. The van der Waals surface area contributed by atoms with E-state index in [1.54, 1.807) is 0 Å². The van der Waals surface area contributed by atoms with Crippen LogP contribution in [0.25, 0.3) is 17.3 Å². The number of carbonyl (C=O) groups is 2. The molecule has 1 aromatic heterocycles. The van der Waals surface area contributed by atoms with E-state index < -0.39 is 5.41 Å². The molecule has 1 aromatic carbocycles. The standard InChI is InChI=1S/C36H49N5O2/c1-24-17-25(2)19-26(18-24)34-31(22-38-13-15-39(16-14-38)23-33(42)40-11-5-6-12-40)30-20-27(21-32(30)37-34)36(3,4)35(43)41-28-7-8-29(41)10-9-28/h17-20,28-29,37H,5-16,21-23H2,1-4H3. The number of amides is 2. The first-order valence-electron chi connectivity index (χ1n) is 16.8. The maximum Gasteiger partial charge on any atom is 0.236 e. The van der Waals surface area contributed by atoms with Gasteiger partial charge in [0.25, 0.3) is 0 Å². The molecule has 0 atom stereocenters. The van der Waals surface area contributed by atoms with E-state index in [9.17, 15) is 9.59 Å². The highest BCUT2D eigenvalue weighted by Crippen LogP contribution is 2.46. The molecule has 5 aliphatic rings. The van der Waals surface area contributed by atoms with E-state index in [0.29, 0.717) is 30.4 Å². The summed E-state index contributed by atoms with van der Waals surface area (Å²) in [5, 5.41) is 0. The van der Waals surface area contributed by atoms with Gasteiger partial charge < -0.3 is 14.8 Å². The van der Waals surface area contributed by atoms with Gasteiger partial charge in [0.1, 0.15) is 0 Å². The van der Waals surface area contributed by atoms with E-state index in [4.69, 9.17) is 0 Å². The van der Waals surface area contributed by atoms with E-state index in [1.807, 2.05) is 4.90 Å². The van der Waals surface area contributed by atoms with Gasteiger partial charge in [-0.25, -0.2) is 0 Å². The third-order valence-corrected chi connectivity index (χ3v) is 11.1. The van der Waals surface area contributed by atoms with Crippen molar-refractivity contribution >= 4 is 17.9 Å². The molecule has 43 heavy (non-hydrogen) atoms. The molecule has 5 heterocycles. The Morgan fingerprint density at radius 1 is 0.860 bits per heavy atom. The van der Waals surface area contributed by atoms with Gasteiger partial charge in [0.2, 0.25) is 11.8 Å². The first-order valence-corrected chi connectivity index (χ1v) is 16.8. The smallest absolute Gasteiger partial charge is 0.236 e. The van der Waals surface area contributed by atoms with Gasteiger partial charge in [-0.2, -0.15) is 0 Å². The molecule has 2 aromatic rings.